The molecule has 1 fully saturated rings. The van der Waals surface area contributed by atoms with E-state index in [9.17, 15) is 9.59 Å². The molecule has 1 aromatic rings. The highest BCUT2D eigenvalue weighted by molar-refractivity contribution is 5.95. The third-order valence-corrected chi connectivity index (χ3v) is 4.13. The molecule has 1 heterocycles. The van der Waals surface area contributed by atoms with Gasteiger partial charge in [0.15, 0.2) is 0 Å². The Morgan fingerprint density at radius 1 is 1.27 bits per heavy atom. The van der Waals surface area contributed by atoms with Crippen LogP contribution in [0.2, 0.25) is 0 Å². The molecule has 26 heavy (non-hydrogen) atoms. The first-order chi connectivity index (χ1) is 12.6. The third-order valence-electron chi connectivity index (χ3n) is 4.13. The van der Waals surface area contributed by atoms with Crippen LogP contribution < -0.4 is 10.6 Å². The van der Waals surface area contributed by atoms with Crippen LogP contribution >= 0.6 is 0 Å². The van der Waals surface area contributed by atoms with Gasteiger partial charge in [-0.05, 0) is 31.0 Å². The van der Waals surface area contributed by atoms with Crippen molar-refractivity contribution in [3.8, 4) is 0 Å². The van der Waals surface area contributed by atoms with E-state index in [1.165, 1.54) is 0 Å². The zero-order valence-corrected chi connectivity index (χ0v) is 15.1. The maximum atomic E-state index is 12.3. The topological polar surface area (TPSA) is 70.7 Å². The minimum absolute atomic E-state index is 0.0574. The minimum Gasteiger partial charge on any atom is -0.376 e. The lowest BCUT2D eigenvalue weighted by Gasteiger charge is -2.20. The fourth-order valence-corrected chi connectivity index (χ4v) is 2.76. The number of nitrogens with zero attached hydrogens (tertiary/aromatic N) is 1. The van der Waals surface area contributed by atoms with Gasteiger partial charge in [-0.3, -0.25) is 9.59 Å². The molecule has 1 aliphatic rings. The van der Waals surface area contributed by atoms with E-state index < -0.39 is 0 Å². The summed E-state index contributed by atoms with van der Waals surface area (Å²) in [5.74, 6) is -0.201. The van der Waals surface area contributed by atoms with E-state index in [0.717, 1.165) is 25.1 Å². The summed E-state index contributed by atoms with van der Waals surface area (Å²) in [7, 11) is 0. The predicted octanol–water partition coefficient (Wildman–Crippen LogP) is 2.21. The monoisotopic (exact) mass is 357 g/mol. The molecule has 1 aliphatic heterocycles. The van der Waals surface area contributed by atoms with Gasteiger partial charge in [0.1, 0.15) is 0 Å². The number of nitrogens with one attached hydrogen (secondary N) is 2. The van der Waals surface area contributed by atoms with Crippen molar-refractivity contribution >= 4 is 17.5 Å². The zero-order chi connectivity index (χ0) is 18.8. The highest BCUT2D eigenvalue weighted by Gasteiger charge is 2.17. The highest BCUT2D eigenvalue weighted by Crippen LogP contribution is 2.13. The summed E-state index contributed by atoms with van der Waals surface area (Å²) in [4.78, 5) is 26.2. The number of ether oxygens (including phenoxy) is 1. The predicted molar refractivity (Wildman–Crippen MR) is 103 cm³/mol. The van der Waals surface area contributed by atoms with Crippen molar-refractivity contribution in [1.82, 2.24) is 10.2 Å². The van der Waals surface area contributed by atoms with Gasteiger partial charge in [0.25, 0.3) is 5.91 Å². The van der Waals surface area contributed by atoms with Gasteiger partial charge in [0.2, 0.25) is 5.91 Å². The van der Waals surface area contributed by atoms with E-state index in [1.807, 2.05) is 6.07 Å². The second-order valence-electron chi connectivity index (χ2n) is 6.16. The standard InChI is InChI=1S/C20H27N3O3/c1-3-10-23(11-4-2)19(24)15-21-17-8-5-7-16(13-17)20(25)22-14-18-9-6-12-26-18/h3-5,7-8,13,18,21H,1-2,6,9-12,14-15H2,(H,22,25). The quantitative estimate of drug-likeness (QED) is 0.630. The normalized spacial score (nSPS) is 15.9. The lowest BCUT2D eigenvalue weighted by molar-refractivity contribution is -0.128. The van der Waals surface area contributed by atoms with Gasteiger partial charge in [-0.1, -0.05) is 18.2 Å². The molecule has 0 aliphatic carbocycles. The number of amides is 2. The Morgan fingerprint density at radius 3 is 2.69 bits per heavy atom. The van der Waals surface area contributed by atoms with Crippen LogP contribution in [0.1, 0.15) is 23.2 Å². The third kappa shape index (κ3) is 6.04. The first-order valence-corrected chi connectivity index (χ1v) is 8.87. The van der Waals surface area contributed by atoms with Crippen molar-refractivity contribution in [1.29, 1.82) is 0 Å². The lowest BCUT2D eigenvalue weighted by Crippen LogP contribution is -2.35. The van der Waals surface area contributed by atoms with Gasteiger partial charge in [-0.15, -0.1) is 13.2 Å². The van der Waals surface area contributed by atoms with Crippen LogP contribution in [-0.4, -0.2) is 55.6 Å². The maximum absolute atomic E-state index is 12.3. The molecule has 1 aromatic carbocycles. The molecule has 6 nitrogen and oxygen atoms in total. The van der Waals surface area contributed by atoms with Gasteiger partial charge < -0.3 is 20.3 Å². The molecular formula is C20H27N3O3. The number of anilines is 1. The molecule has 2 N–H and O–H groups in total. The molecule has 2 amide bonds. The Morgan fingerprint density at radius 2 is 2.04 bits per heavy atom. The number of rotatable bonds is 10. The van der Waals surface area contributed by atoms with Crippen molar-refractivity contribution in [2.45, 2.75) is 18.9 Å². The van der Waals surface area contributed by atoms with E-state index in [0.29, 0.717) is 25.2 Å². The van der Waals surface area contributed by atoms with Crippen molar-refractivity contribution in [3.63, 3.8) is 0 Å². The molecule has 2 rings (SSSR count). The van der Waals surface area contributed by atoms with Crippen LogP contribution in [0.25, 0.3) is 0 Å². The Balaban J connectivity index is 1.87. The van der Waals surface area contributed by atoms with Crippen LogP contribution in [0, 0.1) is 0 Å². The van der Waals surface area contributed by atoms with Crippen molar-refractivity contribution in [3.05, 3.63) is 55.1 Å². The second kappa shape index (κ2) is 10.4. The molecule has 0 radical (unpaired) electrons. The Bertz CT molecular complexity index is 629. The average Bonchev–Trinajstić information content (AvgIpc) is 3.18. The molecule has 6 heteroatoms. The minimum atomic E-state index is -0.143. The van der Waals surface area contributed by atoms with Crippen LogP contribution in [0.5, 0.6) is 0 Å². The van der Waals surface area contributed by atoms with Gasteiger partial charge in [0, 0.05) is 37.5 Å². The largest absolute Gasteiger partial charge is 0.376 e. The maximum Gasteiger partial charge on any atom is 0.251 e. The zero-order valence-electron chi connectivity index (χ0n) is 15.1. The van der Waals surface area contributed by atoms with E-state index in [-0.39, 0.29) is 24.5 Å². The first kappa shape index (κ1) is 19.7. The van der Waals surface area contributed by atoms with Gasteiger partial charge in [0.05, 0.1) is 12.6 Å². The molecule has 1 unspecified atom stereocenters. The van der Waals surface area contributed by atoms with E-state index >= 15 is 0 Å². The molecule has 140 valence electrons. The Kier molecular flexibility index (Phi) is 7.89. The number of hydrogen-bond acceptors (Lipinski definition) is 4. The van der Waals surface area contributed by atoms with E-state index in [2.05, 4.69) is 23.8 Å². The number of benzene rings is 1. The van der Waals surface area contributed by atoms with Crippen LogP contribution in [0.4, 0.5) is 5.69 Å². The Hall–Kier alpha value is -2.60. The summed E-state index contributed by atoms with van der Waals surface area (Å²) < 4.78 is 5.51. The van der Waals surface area contributed by atoms with Crippen LogP contribution in [-0.2, 0) is 9.53 Å². The molecule has 0 bridgehead atoms. The highest BCUT2D eigenvalue weighted by atomic mass is 16.5. The summed E-state index contributed by atoms with van der Waals surface area (Å²) in [5, 5.41) is 5.97. The Labute approximate surface area is 154 Å². The lowest BCUT2D eigenvalue weighted by atomic mass is 10.1. The molecule has 0 aromatic heterocycles. The second-order valence-corrected chi connectivity index (χ2v) is 6.16. The molecule has 1 saturated heterocycles. The fourth-order valence-electron chi connectivity index (χ4n) is 2.76. The van der Waals surface area contributed by atoms with Crippen molar-refractivity contribution < 1.29 is 14.3 Å². The average molecular weight is 357 g/mol. The molecule has 1 atom stereocenters. The summed E-state index contributed by atoms with van der Waals surface area (Å²) in [5.41, 5.74) is 1.27. The van der Waals surface area contributed by atoms with Crippen LogP contribution in [0.15, 0.2) is 49.6 Å². The van der Waals surface area contributed by atoms with Gasteiger partial charge in [-0.25, -0.2) is 0 Å². The van der Waals surface area contributed by atoms with Crippen molar-refractivity contribution in [2.75, 3.05) is 38.1 Å². The SMILES string of the molecule is C=CCN(CC=C)C(=O)CNc1cccc(C(=O)NCC2CCCO2)c1. The molecule has 0 saturated carbocycles. The molecule has 0 spiro atoms. The smallest absolute Gasteiger partial charge is 0.251 e. The van der Waals surface area contributed by atoms with Crippen molar-refractivity contribution in [2.24, 2.45) is 0 Å². The fraction of sp³-hybridized carbons (Fsp3) is 0.400. The summed E-state index contributed by atoms with van der Waals surface area (Å²) >= 11 is 0. The van der Waals surface area contributed by atoms with E-state index in [1.54, 1.807) is 35.3 Å². The molecular weight excluding hydrogens is 330 g/mol. The summed E-state index contributed by atoms with van der Waals surface area (Å²) in [6.07, 6.45) is 5.50. The number of hydrogen-bond donors (Lipinski definition) is 2. The van der Waals surface area contributed by atoms with Gasteiger partial charge in [-0.2, -0.15) is 0 Å². The summed E-state index contributed by atoms with van der Waals surface area (Å²) in [6, 6.07) is 7.11. The van der Waals surface area contributed by atoms with Gasteiger partial charge >= 0.3 is 0 Å². The van der Waals surface area contributed by atoms with Crippen LogP contribution in [0.3, 0.4) is 0 Å². The number of carbonyl (C=O) groups excluding carboxylic acids is 2. The first-order valence-electron chi connectivity index (χ1n) is 8.87. The van der Waals surface area contributed by atoms with E-state index in [4.69, 9.17) is 4.74 Å². The number of carbonyl (C=O) groups is 2. The summed E-state index contributed by atoms with van der Waals surface area (Å²) in [6.45, 7) is 9.69.